The zero-order valence-corrected chi connectivity index (χ0v) is 13.1. The second-order valence-electron chi connectivity index (χ2n) is 4.57. The number of carbonyl (C=O) groups is 1. The first kappa shape index (κ1) is 13.5. The fourth-order valence-electron chi connectivity index (χ4n) is 2.22. The molecule has 0 amide bonds. The Morgan fingerprint density at radius 3 is 2.33 bits per heavy atom. The highest BCUT2D eigenvalue weighted by atomic mass is 79.9. The van der Waals surface area contributed by atoms with E-state index in [2.05, 4.69) is 48.8 Å². The third-order valence-corrected chi connectivity index (χ3v) is 4.93. The van der Waals surface area contributed by atoms with Crippen molar-refractivity contribution in [2.24, 2.45) is 0 Å². The maximum Gasteiger partial charge on any atom is 0.178 e. The van der Waals surface area contributed by atoms with Gasteiger partial charge in [0, 0.05) is 10.9 Å². The number of halogens is 1. The van der Waals surface area contributed by atoms with Crippen LogP contribution in [0.4, 0.5) is 0 Å². The van der Waals surface area contributed by atoms with E-state index in [0.29, 0.717) is 6.42 Å². The van der Waals surface area contributed by atoms with E-state index in [1.807, 2.05) is 11.4 Å². The molecule has 94 valence electrons. The van der Waals surface area contributed by atoms with Crippen molar-refractivity contribution < 1.29 is 4.79 Å². The summed E-state index contributed by atoms with van der Waals surface area (Å²) in [5.41, 5.74) is 4.81. The van der Waals surface area contributed by atoms with Crippen molar-refractivity contribution in [3.05, 3.63) is 55.2 Å². The van der Waals surface area contributed by atoms with Gasteiger partial charge < -0.3 is 0 Å². The number of carbonyl (C=O) groups excluding carboxylic acids is 1. The van der Waals surface area contributed by atoms with Crippen LogP contribution < -0.4 is 0 Å². The summed E-state index contributed by atoms with van der Waals surface area (Å²) < 4.78 is 0.903. The molecule has 1 nitrogen and oxygen atoms in total. The maximum absolute atomic E-state index is 12.3. The molecule has 18 heavy (non-hydrogen) atoms. The molecule has 0 aliphatic heterocycles. The molecule has 0 aliphatic rings. The van der Waals surface area contributed by atoms with Crippen LogP contribution in [-0.4, -0.2) is 5.78 Å². The molecule has 0 atom stereocenters. The highest BCUT2D eigenvalue weighted by Gasteiger charge is 2.14. The lowest BCUT2D eigenvalue weighted by molar-refractivity contribution is 0.0996. The second-order valence-corrected chi connectivity index (χ2v) is 6.35. The van der Waals surface area contributed by atoms with Crippen LogP contribution in [0.15, 0.2) is 28.1 Å². The van der Waals surface area contributed by atoms with Crippen LogP contribution in [0.1, 0.15) is 31.9 Å². The van der Waals surface area contributed by atoms with Crippen LogP contribution >= 0.6 is 27.3 Å². The van der Waals surface area contributed by atoms with Crippen molar-refractivity contribution >= 4 is 33.0 Å². The maximum atomic E-state index is 12.3. The lowest BCUT2D eigenvalue weighted by Crippen LogP contribution is -2.05. The second kappa shape index (κ2) is 5.37. The van der Waals surface area contributed by atoms with Crippen LogP contribution in [0.25, 0.3) is 0 Å². The van der Waals surface area contributed by atoms with Crippen molar-refractivity contribution in [2.45, 2.75) is 27.2 Å². The lowest BCUT2D eigenvalue weighted by Gasteiger charge is -2.10. The molecule has 1 heterocycles. The molecular formula is C15H15BrOS. The van der Waals surface area contributed by atoms with Gasteiger partial charge in [0.2, 0.25) is 0 Å². The number of ketones is 1. The molecule has 0 spiro atoms. The van der Waals surface area contributed by atoms with Crippen LogP contribution in [0.5, 0.6) is 0 Å². The number of hydrogen-bond acceptors (Lipinski definition) is 2. The number of benzene rings is 1. The Balaban J connectivity index is 2.31. The number of thiophene rings is 1. The molecule has 0 aliphatic carbocycles. The van der Waals surface area contributed by atoms with Crippen LogP contribution in [0.2, 0.25) is 0 Å². The third-order valence-electron chi connectivity index (χ3n) is 3.05. The molecule has 0 saturated carbocycles. The molecule has 1 aromatic heterocycles. The molecule has 0 N–H and O–H groups in total. The summed E-state index contributed by atoms with van der Waals surface area (Å²) in [6.45, 7) is 6.24. The Bertz CT molecular complexity index is 575. The first-order chi connectivity index (χ1) is 8.49. The smallest absolute Gasteiger partial charge is 0.178 e. The Kier molecular flexibility index (Phi) is 4.03. The third kappa shape index (κ3) is 2.73. The number of aryl methyl sites for hydroxylation is 3. The van der Waals surface area contributed by atoms with Crippen molar-refractivity contribution in [1.29, 1.82) is 0 Å². The molecule has 1 aromatic carbocycles. The molecule has 3 heteroatoms. The van der Waals surface area contributed by atoms with Crippen molar-refractivity contribution in [1.82, 2.24) is 0 Å². The standard InChI is InChI=1S/C15H15BrOS/c1-9-6-10(2)12(11(3)7-9)8-14(17)15-13(16)4-5-18-15/h4-7H,8H2,1-3H3. The predicted octanol–water partition coefficient (Wildman–Crippen LogP) is 4.86. The van der Waals surface area contributed by atoms with Crippen molar-refractivity contribution in [3.8, 4) is 0 Å². The van der Waals surface area contributed by atoms with E-state index in [9.17, 15) is 4.79 Å². The van der Waals surface area contributed by atoms with Gasteiger partial charge in [-0.2, -0.15) is 0 Å². The Hall–Kier alpha value is -0.930. The van der Waals surface area contributed by atoms with Crippen LogP contribution in [0.3, 0.4) is 0 Å². The highest BCUT2D eigenvalue weighted by Crippen LogP contribution is 2.26. The summed E-state index contributed by atoms with van der Waals surface area (Å²) in [5.74, 6) is 0.187. The van der Waals surface area contributed by atoms with Gasteiger partial charge in [0.05, 0.1) is 4.88 Å². The van der Waals surface area contributed by atoms with Crippen molar-refractivity contribution in [3.63, 3.8) is 0 Å². The largest absolute Gasteiger partial charge is 0.293 e. The summed E-state index contributed by atoms with van der Waals surface area (Å²) >= 11 is 4.91. The Morgan fingerprint density at radius 1 is 1.22 bits per heavy atom. The van der Waals surface area contributed by atoms with E-state index >= 15 is 0 Å². The van der Waals surface area contributed by atoms with Gasteiger partial charge in [0.1, 0.15) is 0 Å². The molecule has 2 rings (SSSR count). The van der Waals surface area contributed by atoms with E-state index in [0.717, 1.165) is 14.9 Å². The molecule has 0 saturated heterocycles. The summed E-state index contributed by atoms with van der Waals surface area (Å²) in [5, 5.41) is 1.94. The number of hydrogen-bond donors (Lipinski definition) is 0. The first-order valence-electron chi connectivity index (χ1n) is 5.82. The van der Waals surface area contributed by atoms with Gasteiger partial charge in [0.15, 0.2) is 5.78 Å². The average Bonchev–Trinajstić information content (AvgIpc) is 2.69. The molecule has 2 aromatic rings. The highest BCUT2D eigenvalue weighted by molar-refractivity contribution is 9.10. The molecule has 0 unspecified atom stereocenters. The fourth-order valence-corrected chi connectivity index (χ4v) is 3.76. The number of rotatable bonds is 3. The van der Waals surface area contributed by atoms with Gasteiger partial charge in [0.25, 0.3) is 0 Å². The zero-order valence-electron chi connectivity index (χ0n) is 10.7. The van der Waals surface area contributed by atoms with Gasteiger partial charge in [-0.15, -0.1) is 11.3 Å². The van der Waals surface area contributed by atoms with E-state index < -0.39 is 0 Å². The summed E-state index contributed by atoms with van der Waals surface area (Å²) in [7, 11) is 0. The molecule has 0 radical (unpaired) electrons. The van der Waals surface area contributed by atoms with Crippen molar-refractivity contribution in [2.75, 3.05) is 0 Å². The quantitative estimate of drug-likeness (QED) is 0.737. The minimum absolute atomic E-state index is 0.187. The Labute approximate surface area is 120 Å². The number of Topliss-reactive ketones (excluding diaryl/α,β-unsaturated/α-hetero) is 1. The average molecular weight is 323 g/mol. The van der Waals surface area contributed by atoms with Gasteiger partial charge in [-0.3, -0.25) is 4.79 Å². The van der Waals surface area contributed by atoms with Gasteiger partial charge in [-0.05, 0) is 64.8 Å². The monoisotopic (exact) mass is 322 g/mol. The summed E-state index contributed by atoms with van der Waals surface area (Å²) in [4.78, 5) is 13.1. The zero-order chi connectivity index (χ0) is 13.3. The van der Waals surface area contributed by atoms with Gasteiger partial charge >= 0.3 is 0 Å². The molecule has 0 bridgehead atoms. The van der Waals surface area contributed by atoms with Gasteiger partial charge in [-0.25, -0.2) is 0 Å². The minimum atomic E-state index is 0.187. The Morgan fingerprint density at radius 2 is 1.83 bits per heavy atom. The summed E-state index contributed by atoms with van der Waals surface area (Å²) in [6, 6.07) is 6.20. The van der Waals surface area contributed by atoms with Crippen LogP contribution in [-0.2, 0) is 6.42 Å². The molecule has 0 fully saturated rings. The lowest BCUT2D eigenvalue weighted by atomic mass is 9.95. The van der Waals surface area contributed by atoms with Gasteiger partial charge in [-0.1, -0.05) is 17.7 Å². The molecular weight excluding hydrogens is 308 g/mol. The normalized spacial score (nSPS) is 10.7. The predicted molar refractivity (Wildman–Crippen MR) is 80.7 cm³/mol. The van der Waals surface area contributed by atoms with Crippen LogP contribution in [0, 0.1) is 20.8 Å². The first-order valence-corrected chi connectivity index (χ1v) is 7.49. The van der Waals surface area contributed by atoms with E-state index in [1.54, 1.807) is 0 Å². The summed E-state index contributed by atoms with van der Waals surface area (Å²) in [6.07, 6.45) is 0.483. The topological polar surface area (TPSA) is 17.1 Å². The fraction of sp³-hybridized carbons (Fsp3) is 0.267. The van der Waals surface area contributed by atoms with E-state index in [1.165, 1.54) is 28.0 Å². The van der Waals surface area contributed by atoms with E-state index in [-0.39, 0.29) is 5.78 Å². The minimum Gasteiger partial charge on any atom is -0.293 e. The van der Waals surface area contributed by atoms with E-state index in [4.69, 9.17) is 0 Å². The SMILES string of the molecule is Cc1cc(C)c(CC(=O)c2sccc2Br)c(C)c1.